The number of hydrogen-bond acceptors (Lipinski definition) is 8. The van der Waals surface area contributed by atoms with E-state index in [0.717, 1.165) is 4.68 Å². The van der Waals surface area contributed by atoms with Crippen molar-refractivity contribution in [2.45, 2.75) is 11.8 Å². The van der Waals surface area contributed by atoms with E-state index in [-0.39, 0.29) is 16.4 Å². The predicted octanol–water partition coefficient (Wildman–Crippen LogP) is 2.61. The monoisotopic (exact) mass is 416 g/mol. The summed E-state index contributed by atoms with van der Waals surface area (Å²) < 4.78 is 1.17. The largest absolute Gasteiger partial charge is 0.334 e. The molecule has 0 unspecified atom stereocenters. The zero-order valence-electron chi connectivity index (χ0n) is 15.6. The maximum Gasteiger partial charge on any atom is 0.262 e. The lowest BCUT2D eigenvalue weighted by Crippen LogP contribution is -2.28. The van der Waals surface area contributed by atoms with Crippen molar-refractivity contribution < 1.29 is 4.79 Å². The van der Waals surface area contributed by atoms with E-state index in [4.69, 9.17) is 18.1 Å². The second kappa shape index (κ2) is 9.28. The third kappa shape index (κ3) is 4.24. The van der Waals surface area contributed by atoms with E-state index >= 15 is 0 Å². The Morgan fingerprint density at radius 2 is 1.60 bits per heavy atom. The first-order valence-corrected chi connectivity index (χ1v) is 9.17. The average molecular weight is 416 g/mol. The molecule has 148 valence electrons. The van der Waals surface area contributed by atoms with Crippen LogP contribution in [0.5, 0.6) is 0 Å². The van der Waals surface area contributed by atoms with Crippen molar-refractivity contribution in [1.82, 2.24) is 14.9 Å². The molecule has 0 radical (unpaired) electrons. The number of anilines is 1. The quantitative estimate of drug-likeness (QED) is 0.232. The molecule has 0 saturated heterocycles. The van der Waals surface area contributed by atoms with E-state index in [9.17, 15) is 15.3 Å². The van der Waals surface area contributed by atoms with Gasteiger partial charge in [-0.1, -0.05) is 60.7 Å². The highest BCUT2D eigenvalue weighted by molar-refractivity contribution is 7.71. The molecule has 0 spiro atoms. The van der Waals surface area contributed by atoms with E-state index in [1.54, 1.807) is 60.7 Å². The number of nitrogens with two attached hydrogens (primary N) is 1. The van der Waals surface area contributed by atoms with Crippen molar-refractivity contribution >= 4 is 29.7 Å². The summed E-state index contributed by atoms with van der Waals surface area (Å²) in [4.78, 5) is 13.3. The number of hydrogen-bond donors (Lipinski definition) is 3. The number of aromatic amines is 1. The number of ketones is 1. The van der Waals surface area contributed by atoms with Gasteiger partial charge in [-0.05, 0) is 23.3 Å². The average Bonchev–Trinajstić information content (AvgIpc) is 3.10. The van der Waals surface area contributed by atoms with Crippen LogP contribution in [0.3, 0.4) is 0 Å². The van der Waals surface area contributed by atoms with Gasteiger partial charge in [-0.15, -0.1) is 5.10 Å². The van der Waals surface area contributed by atoms with Crippen molar-refractivity contribution in [3.05, 3.63) is 76.6 Å². The summed E-state index contributed by atoms with van der Waals surface area (Å²) in [5.41, 5.74) is 3.48. The molecule has 30 heavy (non-hydrogen) atoms. The topological polar surface area (TPSA) is 149 Å². The van der Waals surface area contributed by atoms with Crippen LogP contribution in [0.2, 0.25) is 0 Å². The molecule has 0 fully saturated rings. The number of nitriles is 2. The van der Waals surface area contributed by atoms with Gasteiger partial charge in [-0.25, -0.2) is 10.5 Å². The Kier molecular flexibility index (Phi) is 6.33. The molecule has 0 saturated carbocycles. The Morgan fingerprint density at radius 1 is 1.07 bits per heavy atom. The van der Waals surface area contributed by atoms with Gasteiger partial charge >= 0.3 is 0 Å². The summed E-state index contributed by atoms with van der Waals surface area (Å²) >= 11 is 4.95. The zero-order chi connectivity index (χ0) is 21.5. The molecule has 0 aliphatic heterocycles. The molecule has 2 atom stereocenters. The number of nitrogen functional groups attached to an aromatic ring is 1. The number of nitrogens with zero attached hydrogens (tertiary/aromatic N) is 5. The Labute approximate surface area is 177 Å². The predicted molar refractivity (Wildman–Crippen MR) is 113 cm³/mol. The molecule has 10 heteroatoms. The minimum absolute atomic E-state index is 0.0447. The third-order valence-corrected chi connectivity index (χ3v) is 4.58. The number of rotatable bonds is 7. The van der Waals surface area contributed by atoms with Gasteiger partial charge in [0.1, 0.15) is 17.5 Å². The fourth-order valence-corrected chi connectivity index (χ4v) is 2.90. The SMILES string of the molecule is N#C[C@H](C(=O)/C(=N/Nc1n[nH]c(=S)n1N)[C@H](C#N)c1ccccc1)c1ccccc1. The summed E-state index contributed by atoms with van der Waals surface area (Å²) in [6.07, 6.45) is 0. The maximum atomic E-state index is 13.3. The standard InChI is InChI=1S/C20H16N8OS/c21-11-15(13-7-3-1-4-8-13)17(24-25-19-26-27-20(30)28(19)23)18(29)16(12-22)14-9-5-2-6-10-14/h1-10,15-16H,23H2,(H,25,26)(H,27,30)/b24-17+/t15-,16+/m1/s1. The lowest BCUT2D eigenvalue weighted by molar-refractivity contribution is -0.113. The summed E-state index contributed by atoms with van der Waals surface area (Å²) in [7, 11) is 0. The number of carbonyl (C=O) groups excluding carboxylic acids is 1. The van der Waals surface area contributed by atoms with E-state index in [2.05, 4.69) is 26.8 Å². The molecule has 0 aliphatic rings. The van der Waals surface area contributed by atoms with Gasteiger partial charge in [-0.2, -0.15) is 20.3 Å². The molecule has 4 N–H and O–H groups in total. The summed E-state index contributed by atoms with van der Waals surface area (Å²) in [6, 6.07) is 21.4. The fraction of sp³-hybridized carbons (Fsp3) is 0.100. The molecular weight excluding hydrogens is 400 g/mol. The van der Waals surface area contributed by atoms with Crippen LogP contribution < -0.4 is 11.3 Å². The van der Waals surface area contributed by atoms with Crippen LogP contribution in [-0.2, 0) is 4.79 Å². The second-order valence-corrected chi connectivity index (χ2v) is 6.53. The third-order valence-electron chi connectivity index (χ3n) is 4.29. The number of carbonyl (C=O) groups is 1. The highest BCUT2D eigenvalue weighted by atomic mass is 32.1. The lowest BCUT2D eigenvalue weighted by Gasteiger charge is -2.15. The van der Waals surface area contributed by atoms with Gasteiger partial charge in [0, 0.05) is 0 Å². The molecule has 0 bridgehead atoms. The van der Waals surface area contributed by atoms with Crippen LogP contribution in [-0.4, -0.2) is 26.4 Å². The number of Topliss-reactive ketones (excluding diaryl/α,β-unsaturated/α-hetero) is 1. The first-order valence-electron chi connectivity index (χ1n) is 8.76. The van der Waals surface area contributed by atoms with Crippen LogP contribution in [0.1, 0.15) is 23.0 Å². The van der Waals surface area contributed by atoms with E-state index in [1.807, 2.05) is 6.07 Å². The van der Waals surface area contributed by atoms with Crippen LogP contribution >= 0.6 is 12.2 Å². The fourth-order valence-electron chi connectivity index (χ4n) is 2.77. The number of hydrazone groups is 1. The number of nitrogens with one attached hydrogen (secondary N) is 2. The van der Waals surface area contributed by atoms with Crippen molar-refractivity contribution in [2.24, 2.45) is 5.10 Å². The molecule has 3 aromatic rings. The van der Waals surface area contributed by atoms with Crippen molar-refractivity contribution in [2.75, 3.05) is 11.3 Å². The van der Waals surface area contributed by atoms with Crippen LogP contribution in [0.4, 0.5) is 5.95 Å². The van der Waals surface area contributed by atoms with E-state index < -0.39 is 17.6 Å². The Hall–Kier alpha value is -4.28. The van der Waals surface area contributed by atoms with Gasteiger partial charge in [0.2, 0.25) is 10.6 Å². The first-order chi connectivity index (χ1) is 14.6. The van der Waals surface area contributed by atoms with Crippen molar-refractivity contribution in [3.8, 4) is 12.1 Å². The Balaban J connectivity index is 2.06. The first kappa shape index (κ1) is 20.5. The highest BCUT2D eigenvalue weighted by Crippen LogP contribution is 2.24. The molecule has 0 aliphatic carbocycles. The number of aromatic nitrogens is 3. The highest BCUT2D eigenvalue weighted by Gasteiger charge is 2.32. The Morgan fingerprint density at radius 3 is 2.07 bits per heavy atom. The van der Waals surface area contributed by atoms with Gasteiger partial charge < -0.3 is 5.84 Å². The maximum absolute atomic E-state index is 13.3. The minimum atomic E-state index is -1.13. The molecule has 9 nitrogen and oxygen atoms in total. The molecule has 1 aromatic heterocycles. The normalized spacial score (nSPS) is 12.9. The van der Waals surface area contributed by atoms with Gasteiger partial charge in [0.15, 0.2) is 0 Å². The lowest BCUT2D eigenvalue weighted by atomic mass is 9.86. The van der Waals surface area contributed by atoms with Gasteiger partial charge in [-0.3, -0.25) is 4.79 Å². The van der Waals surface area contributed by atoms with Crippen LogP contribution in [0, 0.1) is 27.4 Å². The molecule has 1 heterocycles. The summed E-state index contributed by atoms with van der Waals surface area (Å²) in [5.74, 6) is 3.03. The van der Waals surface area contributed by atoms with E-state index in [0.29, 0.717) is 11.1 Å². The zero-order valence-corrected chi connectivity index (χ0v) is 16.4. The van der Waals surface area contributed by atoms with Gasteiger partial charge in [0.25, 0.3) is 5.95 Å². The summed E-state index contributed by atoms with van der Waals surface area (Å²) in [5, 5.41) is 30.0. The number of benzene rings is 2. The van der Waals surface area contributed by atoms with Crippen molar-refractivity contribution in [3.63, 3.8) is 0 Å². The number of H-pyrrole nitrogens is 1. The smallest absolute Gasteiger partial charge is 0.262 e. The molecule has 2 aromatic carbocycles. The minimum Gasteiger partial charge on any atom is -0.334 e. The molecular formula is C20H16N8OS. The molecule has 0 amide bonds. The Bertz CT molecular complexity index is 1200. The van der Waals surface area contributed by atoms with Crippen LogP contribution in [0.15, 0.2) is 65.8 Å². The van der Waals surface area contributed by atoms with Gasteiger partial charge in [0.05, 0.1) is 12.1 Å². The van der Waals surface area contributed by atoms with E-state index in [1.165, 1.54) is 0 Å². The second-order valence-electron chi connectivity index (χ2n) is 6.14. The molecule has 3 rings (SSSR count). The summed E-state index contributed by atoms with van der Waals surface area (Å²) in [6.45, 7) is 0. The van der Waals surface area contributed by atoms with Crippen molar-refractivity contribution in [1.29, 1.82) is 10.5 Å². The van der Waals surface area contributed by atoms with Crippen LogP contribution in [0.25, 0.3) is 0 Å².